The number of hydrogen-bond acceptors (Lipinski definition) is 3. The minimum Gasteiger partial charge on any atom is -0.390 e. The number of aryl methyl sites for hydroxylation is 1. The Morgan fingerprint density at radius 1 is 1.03 bits per heavy atom. The van der Waals surface area contributed by atoms with Gasteiger partial charge in [-0.2, -0.15) is 18.4 Å². The Morgan fingerprint density at radius 2 is 1.77 bits per heavy atom. The van der Waals surface area contributed by atoms with Crippen LogP contribution in [0.5, 0.6) is 0 Å². The molecule has 0 aliphatic heterocycles. The minimum atomic E-state index is -4.34. The molecule has 1 unspecified atom stereocenters. The molecule has 1 aromatic carbocycles. The van der Waals surface area contributed by atoms with Crippen LogP contribution >= 0.6 is 0 Å². The fourth-order valence-electron chi connectivity index (χ4n) is 9.14. The van der Waals surface area contributed by atoms with Gasteiger partial charge in [-0.1, -0.05) is 6.92 Å². The van der Waals surface area contributed by atoms with Crippen LogP contribution in [0.4, 0.5) is 18.9 Å². The number of rotatable bonds is 3. The lowest BCUT2D eigenvalue weighted by Crippen LogP contribution is -2.54. The number of anilines is 1. The van der Waals surface area contributed by atoms with Gasteiger partial charge < -0.3 is 10.4 Å². The first-order valence-corrected chi connectivity index (χ1v) is 13.5. The SMILES string of the molecule is Cc1cc(C#N)ccc1N[C@H](C1CC[C@H]2[C@@H]3CC[C@@H]4C[C@](C)(O)CC[C@@H]4[C@H]3CC[C@]12C)C(F)(F)F. The van der Waals surface area contributed by atoms with E-state index in [2.05, 4.69) is 18.3 Å². The normalized spacial score (nSPS) is 41.8. The molecule has 0 bridgehead atoms. The van der Waals surface area contributed by atoms with Gasteiger partial charge in [0.05, 0.1) is 17.2 Å². The molecular weight excluding hydrogens is 449 g/mol. The summed E-state index contributed by atoms with van der Waals surface area (Å²) in [6.07, 6.45) is 4.07. The molecule has 0 saturated heterocycles. The monoisotopic (exact) mass is 488 g/mol. The van der Waals surface area contributed by atoms with Gasteiger partial charge in [-0.15, -0.1) is 0 Å². The molecule has 2 N–H and O–H groups in total. The Morgan fingerprint density at radius 3 is 2.46 bits per heavy atom. The quantitative estimate of drug-likeness (QED) is 0.472. The summed E-state index contributed by atoms with van der Waals surface area (Å²) in [6.45, 7) is 5.88. The molecule has 4 aliphatic rings. The third-order valence-corrected chi connectivity index (χ3v) is 10.7. The van der Waals surface area contributed by atoms with Crippen molar-refractivity contribution in [2.45, 2.75) is 96.4 Å². The second-order valence-electron chi connectivity index (χ2n) is 12.7. The van der Waals surface area contributed by atoms with E-state index in [9.17, 15) is 18.3 Å². The van der Waals surface area contributed by atoms with Crippen LogP contribution in [-0.4, -0.2) is 22.9 Å². The van der Waals surface area contributed by atoms with E-state index < -0.39 is 23.7 Å². The van der Waals surface area contributed by atoms with Crippen LogP contribution in [0.2, 0.25) is 0 Å². The topological polar surface area (TPSA) is 56.0 Å². The molecule has 6 heteroatoms. The van der Waals surface area contributed by atoms with Gasteiger partial charge in [-0.05, 0) is 136 Å². The molecule has 0 aromatic heterocycles. The van der Waals surface area contributed by atoms with E-state index in [-0.39, 0.29) is 5.41 Å². The van der Waals surface area contributed by atoms with Crippen molar-refractivity contribution in [3.05, 3.63) is 29.3 Å². The summed E-state index contributed by atoms with van der Waals surface area (Å²) >= 11 is 0. The highest BCUT2D eigenvalue weighted by molar-refractivity contribution is 5.55. The zero-order valence-electron chi connectivity index (χ0n) is 21.2. The van der Waals surface area contributed by atoms with Crippen molar-refractivity contribution in [1.82, 2.24) is 0 Å². The number of nitrogens with zero attached hydrogens (tertiary/aromatic N) is 1. The van der Waals surface area contributed by atoms with Crippen LogP contribution in [0.1, 0.15) is 82.8 Å². The number of aliphatic hydroxyl groups is 1. The van der Waals surface area contributed by atoms with Gasteiger partial charge in [0.1, 0.15) is 6.04 Å². The molecule has 4 fully saturated rings. The summed E-state index contributed by atoms with van der Waals surface area (Å²) in [5, 5.41) is 22.6. The van der Waals surface area contributed by atoms with Crippen LogP contribution in [0, 0.1) is 59.2 Å². The van der Waals surface area contributed by atoms with E-state index in [0.717, 1.165) is 51.4 Å². The van der Waals surface area contributed by atoms with Gasteiger partial charge >= 0.3 is 6.18 Å². The van der Waals surface area contributed by atoms with E-state index in [1.54, 1.807) is 25.1 Å². The molecule has 192 valence electrons. The van der Waals surface area contributed by atoms with Crippen molar-refractivity contribution in [3.63, 3.8) is 0 Å². The van der Waals surface area contributed by atoms with Crippen molar-refractivity contribution >= 4 is 5.69 Å². The standard InChI is InChI=1S/C29H39F3N2O/c1-17-14-18(16-33)4-9-25(17)34-26(29(30,31)32)24-8-7-23-22-6-5-19-15-27(2,35)12-10-20(19)21(22)11-13-28(23,24)3/h4,9,14,19-24,26,34-35H,5-8,10-13,15H2,1-3H3/t19-,20+,21-,22-,23+,24?,26-,27-,28+/m1/s1. The molecule has 0 spiro atoms. The fourth-order valence-corrected chi connectivity index (χ4v) is 9.14. The summed E-state index contributed by atoms with van der Waals surface area (Å²) in [7, 11) is 0. The highest BCUT2D eigenvalue weighted by Gasteiger charge is 2.62. The Bertz CT molecular complexity index is 999. The molecule has 0 heterocycles. The third-order valence-electron chi connectivity index (χ3n) is 10.7. The van der Waals surface area contributed by atoms with Crippen LogP contribution < -0.4 is 5.32 Å². The smallest absolute Gasteiger partial charge is 0.390 e. The van der Waals surface area contributed by atoms with Crippen molar-refractivity contribution in [2.75, 3.05) is 5.32 Å². The number of nitriles is 1. The Labute approximate surface area is 207 Å². The summed E-state index contributed by atoms with van der Waals surface area (Å²) in [6, 6.07) is 5.35. The first-order chi connectivity index (χ1) is 16.4. The number of benzene rings is 1. The van der Waals surface area contributed by atoms with Gasteiger partial charge in [0, 0.05) is 5.69 Å². The molecule has 0 radical (unpaired) electrons. The molecule has 35 heavy (non-hydrogen) atoms. The average molecular weight is 489 g/mol. The van der Waals surface area contributed by atoms with Gasteiger partial charge in [0.2, 0.25) is 0 Å². The Kier molecular flexibility index (Phi) is 6.18. The number of nitrogens with one attached hydrogen (secondary N) is 1. The van der Waals surface area contributed by atoms with Crippen molar-refractivity contribution in [3.8, 4) is 6.07 Å². The second-order valence-corrected chi connectivity index (χ2v) is 12.7. The van der Waals surface area contributed by atoms with Crippen LogP contribution in [0.25, 0.3) is 0 Å². The molecule has 4 aliphatic carbocycles. The average Bonchev–Trinajstić information content (AvgIpc) is 3.13. The summed E-state index contributed by atoms with van der Waals surface area (Å²) in [5.74, 6) is 2.24. The van der Waals surface area contributed by atoms with Gasteiger partial charge in [-0.25, -0.2) is 0 Å². The molecule has 1 aromatic rings. The lowest BCUT2D eigenvalue weighted by molar-refractivity contribution is -0.169. The van der Waals surface area contributed by atoms with Gasteiger partial charge in [0.25, 0.3) is 0 Å². The highest BCUT2D eigenvalue weighted by atomic mass is 19.4. The number of halogens is 3. The lowest BCUT2D eigenvalue weighted by atomic mass is 9.48. The number of alkyl halides is 3. The number of fused-ring (bicyclic) bond motifs is 5. The van der Waals surface area contributed by atoms with E-state index in [0.29, 0.717) is 52.8 Å². The van der Waals surface area contributed by atoms with E-state index >= 15 is 0 Å². The van der Waals surface area contributed by atoms with Crippen LogP contribution in [-0.2, 0) is 0 Å². The largest absolute Gasteiger partial charge is 0.408 e. The van der Waals surface area contributed by atoms with Crippen LogP contribution in [0.3, 0.4) is 0 Å². The molecule has 3 nitrogen and oxygen atoms in total. The molecule has 0 amide bonds. The third kappa shape index (κ3) is 4.37. The van der Waals surface area contributed by atoms with Crippen LogP contribution in [0.15, 0.2) is 18.2 Å². The van der Waals surface area contributed by atoms with Crippen molar-refractivity contribution in [2.24, 2.45) is 40.9 Å². The minimum absolute atomic E-state index is 0.318. The lowest BCUT2D eigenvalue weighted by Gasteiger charge is -2.57. The Balaban J connectivity index is 1.38. The molecule has 4 saturated carbocycles. The predicted molar refractivity (Wildman–Crippen MR) is 131 cm³/mol. The fraction of sp³-hybridized carbons (Fsp3) is 0.759. The zero-order chi connectivity index (χ0) is 25.2. The summed E-state index contributed by atoms with van der Waals surface area (Å²) in [5.41, 5.74) is 0.741. The Hall–Kier alpha value is -1.74. The predicted octanol–water partition coefficient (Wildman–Crippen LogP) is 7.23. The molecular formula is C29H39F3N2O. The van der Waals surface area contributed by atoms with Gasteiger partial charge in [0.15, 0.2) is 0 Å². The second kappa shape index (κ2) is 8.68. The highest BCUT2D eigenvalue weighted by Crippen LogP contribution is 2.66. The first-order valence-electron chi connectivity index (χ1n) is 13.5. The zero-order valence-corrected chi connectivity index (χ0v) is 21.2. The first kappa shape index (κ1) is 24.9. The maximum absolute atomic E-state index is 14.6. The summed E-state index contributed by atoms with van der Waals surface area (Å²) < 4.78 is 43.7. The van der Waals surface area contributed by atoms with Crippen molar-refractivity contribution in [1.29, 1.82) is 5.26 Å². The molecule has 9 atom stereocenters. The van der Waals surface area contributed by atoms with Crippen molar-refractivity contribution < 1.29 is 18.3 Å². The van der Waals surface area contributed by atoms with E-state index in [1.807, 2.05) is 6.92 Å². The summed E-state index contributed by atoms with van der Waals surface area (Å²) in [4.78, 5) is 0. The maximum atomic E-state index is 14.6. The van der Waals surface area contributed by atoms with E-state index in [4.69, 9.17) is 5.26 Å². The van der Waals surface area contributed by atoms with Gasteiger partial charge in [-0.3, -0.25) is 0 Å². The number of hydrogen-bond donors (Lipinski definition) is 2. The maximum Gasteiger partial charge on any atom is 0.408 e. The molecule has 5 rings (SSSR count). The van der Waals surface area contributed by atoms with E-state index in [1.165, 1.54) is 0 Å².